The maximum Gasteiger partial charge on any atom is 0.171 e. The van der Waals surface area contributed by atoms with E-state index in [4.69, 9.17) is 4.52 Å². The molecule has 3 nitrogen and oxygen atoms in total. The molecule has 0 saturated heterocycles. The van der Waals surface area contributed by atoms with Crippen molar-refractivity contribution >= 4 is 10.8 Å². The fourth-order valence-corrected chi connectivity index (χ4v) is 2.53. The first kappa shape index (κ1) is 13.8. The van der Waals surface area contributed by atoms with Crippen LogP contribution < -0.4 is 5.32 Å². The molecule has 108 valence electrons. The lowest BCUT2D eigenvalue weighted by atomic mass is 10.0. The van der Waals surface area contributed by atoms with Crippen LogP contribution in [0.25, 0.3) is 22.1 Å². The molecule has 3 aromatic rings. The second-order valence-electron chi connectivity index (χ2n) is 5.73. The van der Waals surface area contributed by atoms with E-state index < -0.39 is 0 Å². The van der Waals surface area contributed by atoms with Gasteiger partial charge in [-0.05, 0) is 23.2 Å². The Kier molecular flexibility index (Phi) is 4.02. The first-order valence-electron chi connectivity index (χ1n) is 7.38. The SMILES string of the molecule is CC(C)CNCc1cnoc1-c1cccc2ccccc12. The molecule has 0 radical (unpaired) electrons. The smallest absolute Gasteiger partial charge is 0.171 e. The summed E-state index contributed by atoms with van der Waals surface area (Å²) in [5, 5.41) is 9.84. The maximum atomic E-state index is 5.53. The van der Waals surface area contributed by atoms with Crippen molar-refractivity contribution in [2.24, 2.45) is 5.92 Å². The first-order chi connectivity index (χ1) is 10.3. The molecule has 0 aliphatic carbocycles. The van der Waals surface area contributed by atoms with Gasteiger partial charge in [0.05, 0.1) is 6.20 Å². The lowest BCUT2D eigenvalue weighted by Gasteiger charge is -2.08. The summed E-state index contributed by atoms with van der Waals surface area (Å²) in [6.45, 7) is 6.17. The number of nitrogens with one attached hydrogen (secondary N) is 1. The third-order valence-electron chi connectivity index (χ3n) is 3.55. The van der Waals surface area contributed by atoms with Crippen LogP contribution in [0.3, 0.4) is 0 Å². The van der Waals surface area contributed by atoms with Crippen molar-refractivity contribution in [1.82, 2.24) is 10.5 Å². The molecular weight excluding hydrogens is 260 g/mol. The summed E-state index contributed by atoms with van der Waals surface area (Å²) < 4.78 is 5.53. The Hall–Kier alpha value is -2.13. The van der Waals surface area contributed by atoms with E-state index in [2.05, 4.69) is 66.8 Å². The van der Waals surface area contributed by atoms with Gasteiger partial charge in [0.1, 0.15) is 0 Å². The lowest BCUT2D eigenvalue weighted by Crippen LogP contribution is -2.18. The molecule has 0 aliphatic rings. The van der Waals surface area contributed by atoms with Gasteiger partial charge in [0, 0.05) is 17.7 Å². The zero-order chi connectivity index (χ0) is 14.7. The number of benzene rings is 2. The maximum absolute atomic E-state index is 5.53. The minimum Gasteiger partial charge on any atom is -0.356 e. The fourth-order valence-electron chi connectivity index (χ4n) is 2.53. The van der Waals surface area contributed by atoms with Crippen LogP contribution in [0.4, 0.5) is 0 Å². The fraction of sp³-hybridized carbons (Fsp3) is 0.278. The average molecular weight is 280 g/mol. The van der Waals surface area contributed by atoms with Gasteiger partial charge in [-0.1, -0.05) is 61.5 Å². The monoisotopic (exact) mass is 280 g/mol. The third-order valence-corrected chi connectivity index (χ3v) is 3.55. The van der Waals surface area contributed by atoms with Crippen molar-refractivity contribution in [3.05, 3.63) is 54.2 Å². The van der Waals surface area contributed by atoms with E-state index in [0.717, 1.165) is 30.0 Å². The summed E-state index contributed by atoms with van der Waals surface area (Å²) in [6.07, 6.45) is 1.81. The van der Waals surface area contributed by atoms with E-state index in [9.17, 15) is 0 Å². The van der Waals surface area contributed by atoms with Crippen molar-refractivity contribution in [3.63, 3.8) is 0 Å². The van der Waals surface area contributed by atoms with Gasteiger partial charge in [0.25, 0.3) is 0 Å². The van der Waals surface area contributed by atoms with Crippen LogP contribution in [0.2, 0.25) is 0 Å². The van der Waals surface area contributed by atoms with Gasteiger partial charge in [-0.25, -0.2) is 0 Å². The Morgan fingerprint density at radius 3 is 2.76 bits per heavy atom. The molecular formula is C18H20N2O. The molecule has 1 aromatic heterocycles. The Morgan fingerprint density at radius 2 is 1.90 bits per heavy atom. The zero-order valence-electron chi connectivity index (χ0n) is 12.5. The van der Waals surface area contributed by atoms with Crippen LogP contribution in [0.5, 0.6) is 0 Å². The molecule has 0 fully saturated rings. The summed E-state index contributed by atoms with van der Waals surface area (Å²) in [7, 11) is 0. The number of aromatic nitrogens is 1. The Balaban J connectivity index is 1.94. The van der Waals surface area contributed by atoms with E-state index in [1.807, 2.05) is 6.20 Å². The van der Waals surface area contributed by atoms with Crippen molar-refractivity contribution in [2.75, 3.05) is 6.54 Å². The van der Waals surface area contributed by atoms with E-state index >= 15 is 0 Å². The molecule has 1 heterocycles. The van der Waals surface area contributed by atoms with Crippen LogP contribution in [0.1, 0.15) is 19.4 Å². The standard InChI is InChI=1S/C18H20N2O/c1-13(2)10-19-11-15-12-20-21-18(15)17-9-5-7-14-6-3-4-8-16(14)17/h3-9,12-13,19H,10-11H2,1-2H3. The molecule has 3 heteroatoms. The largest absolute Gasteiger partial charge is 0.356 e. The van der Waals surface area contributed by atoms with E-state index in [1.54, 1.807) is 0 Å². The number of hydrogen-bond donors (Lipinski definition) is 1. The van der Waals surface area contributed by atoms with Crippen molar-refractivity contribution in [1.29, 1.82) is 0 Å². The second kappa shape index (κ2) is 6.10. The number of hydrogen-bond acceptors (Lipinski definition) is 3. The number of nitrogens with zero attached hydrogens (tertiary/aromatic N) is 1. The van der Waals surface area contributed by atoms with Gasteiger partial charge < -0.3 is 9.84 Å². The van der Waals surface area contributed by atoms with Crippen molar-refractivity contribution in [2.45, 2.75) is 20.4 Å². The van der Waals surface area contributed by atoms with Crippen LogP contribution in [-0.4, -0.2) is 11.7 Å². The molecule has 1 N–H and O–H groups in total. The number of fused-ring (bicyclic) bond motifs is 1. The van der Waals surface area contributed by atoms with Crippen LogP contribution in [-0.2, 0) is 6.54 Å². The summed E-state index contributed by atoms with van der Waals surface area (Å²) in [4.78, 5) is 0. The van der Waals surface area contributed by atoms with Gasteiger partial charge in [-0.2, -0.15) is 0 Å². The molecule has 0 saturated carbocycles. The van der Waals surface area contributed by atoms with Crippen LogP contribution in [0.15, 0.2) is 53.2 Å². The lowest BCUT2D eigenvalue weighted by molar-refractivity contribution is 0.431. The van der Waals surface area contributed by atoms with E-state index in [0.29, 0.717) is 5.92 Å². The molecule has 0 atom stereocenters. The Labute approximate surface area is 125 Å². The summed E-state index contributed by atoms with van der Waals surface area (Å²) in [5.41, 5.74) is 2.21. The Morgan fingerprint density at radius 1 is 1.10 bits per heavy atom. The van der Waals surface area contributed by atoms with Crippen LogP contribution in [0, 0.1) is 5.92 Å². The minimum atomic E-state index is 0.630. The van der Waals surface area contributed by atoms with Gasteiger partial charge in [0.15, 0.2) is 5.76 Å². The van der Waals surface area contributed by atoms with Gasteiger partial charge in [0.2, 0.25) is 0 Å². The van der Waals surface area contributed by atoms with Crippen LogP contribution >= 0.6 is 0 Å². The predicted molar refractivity (Wildman–Crippen MR) is 86.0 cm³/mol. The van der Waals surface area contributed by atoms with Gasteiger partial charge >= 0.3 is 0 Å². The molecule has 21 heavy (non-hydrogen) atoms. The molecule has 0 amide bonds. The highest BCUT2D eigenvalue weighted by molar-refractivity contribution is 5.95. The van der Waals surface area contributed by atoms with Gasteiger partial charge in [-0.3, -0.25) is 0 Å². The predicted octanol–water partition coefficient (Wildman–Crippen LogP) is 4.24. The highest BCUT2D eigenvalue weighted by Gasteiger charge is 2.13. The summed E-state index contributed by atoms with van der Waals surface area (Å²) in [6, 6.07) is 14.6. The topological polar surface area (TPSA) is 38.1 Å². The second-order valence-corrected chi connectivity index (χ2v) is 5.73. The van der Waals surface area contributed by atoms with Gasteiger partial charge in [-0.15, -0.1) is 0 Å². The first-order valence-corrected chi connectivity index (χ1v) is 7.38. The van der Waals surface area contributed by atoms with Crippen molar-refractivity contribution < 1.29 is 4.52 Å². The minimum absolute atomic E-state index is 0.630. The van der Waals surface area contributed by atoms with E-state index in [-0.39, 0.29) is 0 Å². The average Bonchev–Trinajstić information content (AvgIpc) is 2.94. The molecule has 0 unspecified atom stereocenters. The molecule has 0 aliphatic heterocycles. The third kappa shape index (κ3) is 2.98. The highest BCUT2D eigenvalue weighted by Crippen LogP contribution is 2.30. The zero-order valence-corrected chi connectivity index (χ0v) is 12.5. The summed E-state index contributed by atoms with van der Waals surface area (Å²) in [5.74, 6) is 1.49. The quantitative estimate of drug-likeness (QED) is 0.759. The van der Waals surface area contributed by atoms with Crippen molar-refractivity contribution in [3.8, 4) is 11.3 Å². The van der Waals surface area contributed by atoms with E-state index in [1.165, 1.54) is 10.8 Å². The molecule has 3 rings (SSSR count). The normalized spacial score (nSPS) is 11.4. The molecule has 2 aromatic carbocycles. The highest BCUT2D eigenvalue weighted by atomic mass is 16.5. The molecule has 0 bridgehead atoms. The summed E-state index contributed by atoms with van der Waals surface area (Å²) >= 11 is 0. The molecule has 0 spiro atoms. The Bertz CT molecular complexity index is 725. The number of rotatable bonds is 5.